The van der Waals surface area contributed by atoms with Crippen molar-refractivity contribution in [2.75, 3.05) is 13.7 Å². The van der Waals surface area contributed by atoms with E-state index in [1.54, 1.807) is 37.4 Å². The normalized spacial score (nSPS) is 11.9. The van der Waals surface area contributed by atoms with Gasteiger partial charge in [0.15, 0.2) is 0 Å². The van der Waals surface area contributed by atoms with Crippen LogP contribution in [0.2, 0.25) is 0 Å². The molecular weight excluding hydrogens is 256 g/mol. The van der Waals surface area contributed by atoms with E-state index in [4.69, 9.17) is 14.6 Å². The Hall–Kier alpha value is -2.04. The van der Waals surface area contributed by atoms with E-state index in [0.29, 0.717) is 11.5 Å². The summed E-state index contributed by atoms with van der Waals surface area (Å²) >= 11 is 0. The molecule has 0 amide bonds. The summed E-state index contributed by atoms with van der Waals surface area (Å²) in [6, 6.07) is 14.4. The summed E-state index contributed by atoms with van der Waals surface area (Å²) in [7, 11) is 1.59. The predicted molar refractivity (Wildman–Crippen MR) is 75.8 cm³/mol. The van der Waals surface area contributed by atoms with Crippen LogP contribution in [0.5, 0.6) is 11.5 Å². The van der Waals surface area contributed by atoms with Crippen molar-refractivity contribution in [3.8, 4) is 11.5 Å². The minimum absolute atomic E-state index is 0.00666. The fourth-order valence-corrected chi connectivity index (χ4v) is 1.81. The third kappa shape index (κ3) is 3.73. The molecule has 2 rings (SSSR count). The lowest BCUT2D eigenvalue weighted by atomic mass is 10.1. The van der Waals surface area contributed by atoms with Gasteiger partial charge in [-0.25, -0.2) is 0 Å². The highest BCUT2D eigenvalue weighted by atomic mass is 16.5. The number of rotatable bonds is 6. The molecule has 1 atom stereocenters. The van der Waals surface area contributed by atoms with Crippen LogP contribution in [0.25, 0.3) is 0 Å². The molecule has 4 nitrogen and oxygen atoms in total. The Morgan fingerprint density at radius 3 is 2.45 bits per heavy atom. The van der Waals surface area contributed by atoms with Gasteiger partial charge in [0, 0.05) is 0 Å². The molecule has 4 heteroatoms. The molecule has 0 saturated heterocycles. The van der Waals surface area contributed by atoms with Crippen LogP contribution in [-0.4, -0.2) is 23.9 Å². The Bertz CT molecular complexity index is 536. The molecule has 106 valence electrons. The van der Waals surface area contributed by atoms with Crippen LogP contribution < -0.4 is 9.47 Å². The largest absolute Gasteiger partial charge is 0.497 e. The molecule has 1 unspecified atom stereocenters. The lowest BCUT2D eigenvalue weighted by Gasteiger charge is -2.13. The second-order valence-corrected chi connectivity index (χ2v) is 4.41. The standard InChI is InChI=1S/C16H18O4/c1-19-15-4-2-3-13(9-15)16(18)11-20-14-7-5-12(10-17)6-8-14/h2-9,16-18H,10-11H2,1H3. The molecule has 0 spiro atoms. The minimum Gasteiger partial charge on any atom is -0.497 e. The molecule has 0 aliphatic rings. The maximum atomic E-state index is 10.1. The second-order valence-electron chi connectivity index (χ2n) is 4.41. The van der Waals surface area contributed by atoms with Gasteiger partial charge >= 0.3 is 0 Å². The van der Waals surface area contributed by atoms with Crippen LogP contribution in [0, 0.1) is 0 Å². The number of hydrogen-bond donors (Lipinski definition) is 2. The Labute approximate surface area is 118 Å². The Morgan fingerprint density at radius 1 is 1.05 bits per heavy atom. The maximum absolute atomic E-state index is 10.1. The summed E-state index contributed by atoms with van der Waals surface area (Å²) in [5.41, 5.74) is 1.57. The highest BCUT2D eigenvalue weighted by Crippen LogP contribution is 2.20. The molecule has 0 radical (unpaired) electrons. The molecule has 0 heterocycles. The van der Waals surface area contributed by atoms with Crippen LogP contribution in [0.4, 0.5) is 0 Å². The third-order valence-electron chi connectivity index (χ3n) is 2.99. The Balaban J connectivity index is 1.95. The number of hydrogen-bond acceptors (Lipinski definition) is 4. The molecule has 2 N–H and O–H groups in total. The van der Waals surface area contributed by atoms with Gasteiger partial charge in [0.05, 0.1) is 13.7 Å². The first-order valence-electron chi connectivity index (χ1n) is 6.37. The van der Waals surface area contributed by atoms with Crippen molar-refractivity contribution in [1.82, 2.24) is 0 Å². The van der Waals surface area contributed by atoms with Crippen molar-refractivity contribution >= 4 is 0 Å². The van der Waals surface area contributed by atoms with E-state index in [-0.39, 0.29) is 13.2 Å². The average Bonchev–Trinajstić information content (AvgIpc) is 2.53. The van der Waals surface area contributed by atoms with Crippen molar-refractivity contribution in [2.24, 2.45) is 0 Å². The fraction of sp³-hybridized carbons (Fsp3) is 0.250. The van der Waals surface area contributed by atoms with Crippen LogP contribution in [0.1, 0.15) is 17.2 Å². The molecule has 2 aromatic rings. The zero-order valence-corrected chi connectivity index (χ0v) is 11.3. The first-order valence-corrected chi connectivity index (χ1v) is 6.37. The zero-order chi connectivity index (χ0) is 14.4. The monoisotopic (exact) mass is 274 g/mol. The number of ether oxygens (including phenoxy) is 2. The number of benzene rings is 2. The Morgan fingerprint density at radius 2 is 1.80 bits per heavy atom. The van der Waals surface area contributed by atoms with Gasteiger partial charge in [0.1, 0.15) is 24.2 Å². The van der Waals surface area contributed by atoms with Gasteiger partial charge in [-0.15, -0.1) is 0 Å². The first kappa shape index (κ1) is 14.4. The molecule has 0 fully saturated rings. The topological polar surface area (TPSA) is 58.9 Å². The highest BCUT2D eigenvalue weighted by molar-refractivity contribution is 5.30. The van der Waals surface area contributed by atoms with E-state index >= 15 is 0 Å². The summed E-state index contributed by atoms with van der Waals surface area (Å²) < 4.78 is 10.6. The summed E-state index contributed by atoms with van der Waals surface area (Å²) in [4.78, 5) is 0. The summed E-state index contributed by atoms with van der Waals surface area (Å²) in [6.07, 6.45) is -0.720. The van der Waals surface area contributed by atoms with Gasteiger partial charge in [0.25, 0.3) is 0 Å². The van der Waals surface area contributed by atoms with Crippen molar-refractivity contribution in [3.63, 3.8) is 0 Å². The van der Waals surface area contributed by atoms with E-state index in [9.17, 15) is 5.11 Å². The first-order chi connectivity index (χ1) is 9.72. The van der Waals surface area contributed by atoms with Crippen LogP contribution >= 0.6 is 0 Å². The predicted octanol–water partition coefficient (Wildman–Crippen LogP) is 2.30. The highest BCUT2D eigenvalue weighted by Gasteiger charge is 2.09. The minimum atomic E-state index is -0.720. The summed E-state index contributed by atoms with van der Waals surface area (Å²) in [5.74, 6) is 1.36. The van der Waals surface area contributed by atoms with Crippen molar-refractivity contribution < 1.29 is 19.7 Å². The maximum Gasteiger partial charge on any atom is 0.119 e. The summed E-state index contributed by atoms with van der Waals surface area (Å²) in [5, 5.41) is 19.0. The van der Waals surface area contributed by atoms with Crippen molar-refractivity contribution in [3.05, 3.63) is 59.7 Å². The number of aliphatic hydroxyl groups is 2. The number of aliphatic hydroxyl groups excluding tert-OH is 2. The van der Waals surface area contributed by atoms with E-state index < -0.39 is 6.10 Å². The SMILES string of the molecule is COc1cccc(C(O)COc2ccc(CO)cc2)c1. The van der Waals surface area contributed by atoms with Gasteiger partial charge in [-0.1, -0.05) is 24.3 Å². The van der Waals surface area contributed by atoms with Crippen LogP contribution in [0.3, 0.4) is 0 Å². The molecule has 0 bridgehead atoms. The van der Waals surface area contributed by atoms with Gasteiger partial charge in [-0.05, 0) is 35.4 Å². The van der Waals surface area contributed by atoms with Crippen LogP contribution in [0.15, 0.2) is 48.5 Å². The molecule has 0 aliphatic heterocycles. The smallest absolute Gasteiger partial charge is 0.119 e. The lowest BCUT2D eigenvalue weighted by molar-refractivity contribution is 0.108. The number of methoxy groups -OCH3 is 1. The fourth-order valence-electron chi connectivity index (χ4n) is 1.81. The molecule has 0 aromatic heterocycles. The quantitative estimate of drug-likeness (QED) is 0.848. The lowest BCUT2D eigenvalue weighted by Crippen LogP contribution is -2.09. The average molecular weight is 274 g/mol. The van der Waals surface area contributed by atoms with E-state index in [0.717, 1.165) is 11.1 Å². The van der Waals surface area contributed by atoms with Gasteiger partial charge < -0.3 is 19.7 Å². The Kier molecular flexibility index (Phi) is 4.98. The second kappa shape index (κ2) is 6.93. The molecule has 0 aliphatic carbocycles. The van der Waals surface area contributed by atoms with E-state index in [2.05, 4.69) is 0 Å². The molecule has 2 aromatic carbocycles. The molecular formula is C16H18O4. The van der Waals surface area contributed by atoms with Gasteiger partial charge in [0.2, 0.25) is 0 Å². The summed E-state index contributed by atoms with van der Waals surface area (Å²) in [6.45, 7) is 0.165. The molecule has 20 heavy (non-hydrogen) atoms. The third-order valence-corrected chi connectivity index (χ3v) is 2.99. The molecule has 0 saturated carbocycles. The van der Waals surface area contributed by atoms with Gasteiger partial charge in [-0.2, -0.15) is 0 Å². The van der Waals surface area contributed by atoms with Crippen molar-refractivity contribution in [1.29, 1.82) is 0 Å². The van der Waals surface area contributed by atoms with Crippen molar-refractivity contribution in [2.45, 2.75) is 12.7 Å². The van der Waals surface area contributed by atoms with Gasteiger partial charge in [-0.3, -0.25) is 0 Å². The van der Waals surface area contributed by atoms with E-state index in [1.165, 1.54) is 0 Å². The van der Waals surface area contributed by atoms with Crippen LogP contribution in [-0.2, 0) is 6.61 Å². The van der Waals surface area contributed by atoms with E-state index in [1.807, 2.05) is 18.2 Å². The zero-order valence-electron chi connectivity index (χ0n) is 11.3.